The van der Waals surface area contributed by atoms with Gasteiger partial charge in [-0.05, 0) is 53.4 Å². The maximum absolute atomic E-state index is 13.6. The lowest BCUT2D eigenvalue weighted by Gasteiger charge is -2.17. The maximum atomic E-state index is 13.6. The molecule has 1 unspecified atom stereocenters. The molecule has 3 heteroatoms. The molecule has 0 saturated carbocycles. The van der Waals surface area contributed by atoms with E-state index in [0.29, 0.717) is 6.04 Å². The fraction of sp³-hybridized carbons (Fsp3) is 0.333. The van der Waals surface area contributed by atoms with Crippen LogP contribution in [-0.4, -0.2) is 12.6 Å². The monoisotopic (exact) mass is 263 g/mol. The van der Waals surface area contributed by atoms with E-state index in [9.17, 15) is 4.39 Å². The van der Waals surface area contributed by atoms with Crippen molar-refractivity contribution in [2.24, 2.45) is 0 Å². The van der Waals surface area contributed by atoms with Gasteiger partial charge in [-0.3, -0.25) is 0 Å². The van der Waals surface area contributed by atoms with Gasteiger partial charge in [0.05, 0.1) is 0 Å². The summed E-state index contributed by atoms with van der Waals surface area (Å²) in [6, 6.07) is 9.46. The van der Waals surface area contributed by atoms with Gasteiger partial charge in [-0.15, -0.1) is 0 Å². The largest absolute Gasteiger partial charge is 0.314 e. The van der Waals surface area contributed by atoms with Crippen LogP contribution in [0.3, 0.4) is 0 Å². The Morgan fingerprint density at radius 3 is 2.72 bits per heavy atom. The van der Waals surface area contributed by atoms with Crippen molar-refractivity contribution in [1.29, 1.82) is 0 Å². The fourth-order valence-electron chi connectivity index (χ4n) is 2.13. The number of rotatable bonds is 6. The van der Waals surface area contributed by atoms with E-state index >= 15 is 0 Å². The van der Waals surface area contributed by atoms with Crippen molar-refractivity contribution in [3.05, 3.63) is 58.0 Å². The lowest BCUT2D eigenvalue weighted by Crippen LogP contribution is -2.33. The molecule has 18 heavy (non-hydrogen) atoms. The van der Waals surface area contributed by atoms with Gasteiger partial charge in [0.25, 0.3) is 0 Å². The molecule has 1 heterocycles. The van der Waals surface area contributed by atoms with E-state index in [2.05, 4.69) is 29.1 Å². The quantitative estimate of drug-likeness (QED) is 0.839. The van der Waals surface area contributed by atoms with Crippen molar-refractivity contribution in [3.8, 4) is 0 Å². The second-order valence-corrected chi connectivity index (χ2v) is 5.17. The molecule has 1 nitrogen and oxygen atoms in total. The first-order chi connectivity index (χ1) is 8.79. The first-order valence-corrected chi connectivity index (χ1v) is 7.21. The Morgan fingerprint density at radius 1 is 1.22 bits per heavy atom. The minimum absolute atomic E-state index is 0.106. The smallest absolute Gasteiger partial charge is 0.126 e. The van der Waals surface area contributed by atoms with E-state index in [1.807, 2.05) is 12.1 Å². The number of hydrogen-bond acceptors (Lipinski definition) is 2. The van der Waals surface area contributed by atoms with E-state index in [4.69, 9.17) is 0 Å². The first kappa shape index (κ1) is 13.2. The Balaban J connectivity index is 2.04. The van der Waals surface area contributed by atoms with Crippen LogP contribution in [0.4, 0.5) is 4.39 Å². The molecule has 1 N–H and O–H groups in total. The van der Waals surface area contributed by atoms with Crippen molar-refractivity contribution in [1.82, 2.24) is 5.32 Å². The summed E-state index contributed by atoms with van der Waals surface area (Å²) in [4.78, 5) is 0. The molecule has 1 atom stereocenters. The summed E-state index contributed by atoms with van der Waals surface area (Å²) in [6.07, 6.45) is 1.68. The van der Waals surface area contributed by atoms with Crippen LogP contribution >= 0.6 is 11.3 Å². The molecular formula is C15H18FNS. The number of nitrogens with one attached hydrogen (secondary N) is 1. The van der Waals surface area contributed by atoms with Crippen molar-refractivity contribution < 1.29 is 4.39 Å². The van der Waals surface area contributed by atoms with E-state index in [1.165, 1.54) is 11.6 Å². The molecule has 0 radical (unpaired) electrons. The molecule has 2 rings (SSSR count). The van der Waals surface area contributed by atoms with Gasteiger partial charge in [0.1, 0.15) is 5.82 Å². The first-order valence-electron chi connectivity index (χ1n) is 6.27. The molecule has 0 aliphatic heterocycles. The van der Waals surface area contributed by atoms with Gasteiger partial charge in [0, 0.05) is 6.04 Å². The third-order valence-corrected chi connectivity index (χ3v) is 3.71. The Kier molecular flexibility index (Phi) is 4.90. The fourth-order valence-corrected chi connectivity index (χ4v) is 2.81. The summed E-state index contributed by atoms with van der Waals surface area (Å²) < 4.78 is 13.6. The van der Waals surface area contributed by atoms with Crippen LogP contribution in [0.15, 0.2) is 41.1 Å². The van der Waals surface area contributed by atoms with Gasteiger partial charge in [-0.2, -0.15) is 11.3 Å². The lowest BCUT2D eigenvalue weighted by molar-refractivity contribution is 0.506. The number of halogens is 1. The van der Waals surface area contributed by atoms with Gasteiger partial charge in [0.2, 0.25) is 0 Å². The number of hydrogen-bond donors (Lipinski definition) is 1. The average Bonchev–Trinajstić information content (AvgIpc) is 2.85. The highest BCUT2D eigenvalue weighted by molar-refractivity contribution is 7.07. The zero-order valence-corrected chi connectivity index (χ0v) is 11.3. The van der Waals surface area contributed by atoms with Gasteiger partial charge in [0.15, 0.2) is 0 Å². The minimum Gasteiger partial charge on any atom is -0.314 e. The Morgan fingerprint density at radius 2 is 2.06 bits per heavy atom. The highest BCUT2D eigenvalue weighted by Crippen LogP contribution is 2.14. The number of benzene rings is 1. The van der Waals surface area contributed by atoms with Gasteiger partial charge >= 0.3 is 0 Å². The molecular weight excluding hydrogens is 245 g/mol. The third kappa shape index (κ3) is 3.65. The van der Waals surface area contributed by atoms with E-state index in [0.717, 1.165) is 24.9 Å². The standard InChI is InChI=1S/C15H18FNS/c1-2-17-14(9-12-7-8-18-11-12)10-13-5-3-4-6-15(13)16/h3-8,11,14,17H,2,9-10H2,1H3. The normalized spacial score (nSPS) is 12.6. The summed E-state index contributed by atoms with van der Waals surface area (Å²) in [5, 5.41) is 7.68. The second-order valence-electron chi connectivity index (χ2n) is 4.39. The zero-order valence-electron chi connectivity index (χ0n) is 10.5. The predicted octanol–water partition coefficient (Wildman–Crippen LogP) is 3.65. The van der Waals surface area contributed by atoms with Gasteiger partial charge in [-0.25, -0.2) is 4.39 Å². The predicted molar refractivity (Wildman–Crippen MR) is 75.6 cm³/mol. The Labute approximate surface area is 112 Å². The molecule has 0 spiro atoms. The zero-order chi connectivity index (χ0) is 12.8. The molecule has 0 fully saturated rings. The third-order valence-electron chi connectivity index (χ3n) is 2.98. The van der Waals surface area contributed by atoms with Gasteiger partial charge < -0.3 is 5.32 Å². The molecule has 0 aliphatic carbocycles. The van der Waals surface area contributed by atoms with Crippen LogP contribution in [0.2, 0.25) is 0 Å². The van der Waals surface area contributed by atoms with E-state index in [1.54, 1.807) is 17.4 Å². The van der Waals surface area contributed by atoms with Crippen LogP contribution in [0, 0.1) is 5.82 Å². The molecule has 2 aromatic rings. The minimum atomic E-state index is -0.106. The average molecular weight is 263 g/mol. The molecule has 1 aromatic carbocycles. The summed E-state index contributed by atoms with van der Waals surface area (Å²) in [5.41, 5.74) is 2.11. The van der Waals surface area contributed by atoms with Crippen molar-refractivity contribution >= 4 is 11.3 Å². The summed E-state index contributed by atoms with van der Waals surface area (Å²) in [6.45, 7) is 2.99. The van der Waals surface area contributed by atoms with Gasteiger partial charge in [-0.1, -0.05) is 25.1 Å². The Hall–Kier alpha value is -1.19. The summed E-state index contributed by atoms with van der Waals surface area (Å²) >= 11 is 1.71. The highest BCUT2D eigenvalue weighted by atomic mass is 32.1. The Bertz CT molecular complexity index is 467. The molecule has 1 aromatic heterocycles. The SMILES string of the molecule is CCNC(Cc1ccsc1)Cc1ccccc1F. The van der Waals surface area contributed by atoms with Crippen molar-refractivity contribution in [2.75, 3.05) is 6.54 Å². The van der Waals surface area contributed by atoms with Crippen LogP contribution in [-0.2, 0) is 12.8 Å². The lowest BCUT2D eigenvalue weighted by atomic mass is 10.00. The molecule has 0 aliphatic rings. The number of thiophene rings is 1. The summed E-state index contributed by atoms with van der Waals surface area (Å²) in [5.74, 6) is -0.106. The van der Waals surface area contributed by atoms with Crippen LogP contribution in [0.5, 0.6) is 0 Å². The van der Waals surface area contributed by atoms with Crippen molar-refractivity contribution in [3.63, 3.8) is 0 Å². The maximum Gasteiger partial charge on any atom is 0.126 e. The second kappa shape index (κ2) is 6.66. The summed E-state index contributed by atoms with van der Waals surface area (Å²) in [7, 11) is 0. The van der Waals surface area contributed by atoms with Crippen LogP contribution < -0.4 is 5.32 Å². The van der Waals surface area contributed by atoms with Crippen LogP contribution in [0.25, 0.3) is 0 Å². The number of likely N-dealkylation sites (N-methyl/N-ethyl adjacent to an activating group) is 1. The highest BCUT2D eigenvalue weighted by Gasteiger charge is 2.12. The topological polar surface area (TPSA) is 12.0 Å². The molecule has 0 saturated heterocycles. The van der Waals surface area contributed by atoms with E-state index in [-0.39, 0.29) is 5.82 Å². The molecule has 0 bridgehead atoms. The van der Waals surface area contributed by atoms with Crippen LogP contribution in [0.1, 0.15) is 18.1 Å². The van der Waals surface area contributed by atoms with Crippen molar-refractivity contribution in [2.45, 2.75) is 25.8 Å². The molecule has 0 amide bonds. The molecule has 96 valence electrons. The van der Waals surface area contributed by atoms with E-state index < -0.39 is 0 Å².